The molecule has 2 aromatic rings. The van der Waals surface area contributed by atoms with Gasteiger partial charge in [-0.05, 0) is 18.2 Å². The molecule has 3 N–H and O–H groups in total. The van der Waals surface area contributed by atoms with E-state index in [1.54, 1.807) is 6.07 Å². The summed E-state index contributed by atoms with van der Waals surface area (Å²) in [5, 5.41) is 12.5. The van der Waals surface area contributed by atoms with E-state index in [9.17, 15) is 9.18 Å². The third-order valence-electron chi connectivity index (χ3n) is 2.01. The van der Waals surface area contributed by atoms with E-state index in [0.29, 0.717) is 5.69 Å². The molecule has 0 bridgehead atoms. The largest absolute Gasteiger partial charge is 0.476 e. The molecule has 2 rings (SSSR count). The first-order chi connectivity index (χ1) is 7.58. The standard InChI is InChI=1S/C10H8FN3O2/c11-6-2-1-3-7(4-6)14-9(12)5-8(13-14)10(15)16/h1-5H,12H2,(H,15,16). The van der Waals surface area contributed by atoms with Gasteiger partial charge >= 0.3 is 5.97 Å². The summed E-state index contributed by atoms with van der Waals surface area (Å²) in [7, 11) is 0. The third-order valence-corrected chi connectivity index (χ3v) is 2.01. The van der Waals surface area contributed by atoms with Crippen LogP contribution in [0.15, 0.2) is 30.3 Å². The number of carbonyl (C=O) groups is 1. The first kappa shape index (κ1) is 10.2. The van der Waals surface area contributed by atoms with Gasteiger partial charge in [0, 0.05) is 6.07 Å². The summed E-state index contributed by atoms with van der Waals surface area (Å²) in [4.78, 5) is 10.7. The van der Waals surface area contributed by atoms with Crippen molar-refractivity contribution in [3.63, 3.8) is 0 Å². The number of hydrogen-bond acceptors (Lipinski definition) is 3. The maximum Gasteiger partial charge on any atom is 0.356 e. The second kappa shape index (κ2) is 3.65. The molecule has 0 radical (unpaired) electrons. The zero-order valence-corrected chi connectivity index (χ0v) is 8.09. The topological polar surface area (TPSA) is 81.1 Å². The molecule has 0 spiro atoms. The van der Waals surface area contributed by atoms with Crippen LogP contribution in [0.5, 0.6) is 0 Å². The van der Waals surface area contributed by atoms with Crippen LogP contribution in [0.2, 0.25) is 0 Å². The number of nitrogens with two attached hydrogens (primary N) is 1. The number of rotatable bonds is 2. The van der Waals surface area contributed by atoms with E-state index in [-0.39, 0.29) is 11.5 Å². The van der Waals surface area contributed by atoms with Crippen LogP contribution >= 0.6 is 0 Å². The Morgan fingerprint density at radius 2 is 2.19 bits per heavy atom. The van der Waals surface area contributed by atoms with E-state index in [1.807, 2.05) is 0 Å². The first-order valence-electron chi connectivity index (χ1n) is 4.42. The molecule has 0 aliphatic carbocycles. The van der Waals surface area contributed by atoms with Gasteiger partial charge in [-0.2, -0.15) is 5.10 Å². The van der Waals surface area contributed by atoms with Crippen LogP contribution in [0.4, 0.5) is 10.2 Å². The van der Waals surface area contributed by atoms with Crippen LogP contribution in [0, 0.1) is 5.82 Å². The Hall–Kier alpha value is -2.37. The molecule has 82 valence electrons. The van der Waals surface area contributed by atoms with E-state index in [4.69, 9.17) is 10.8 Å². The second-order valence-corrected chi connectivity index (χ2v) is 3.15. The van der Waals surface area contributed by atoms with Gasteiger partial charge in [-0.1, -0.05) is 6.07 Å². The molecule has 0 fully saturated rings. The lowest BCUT2D eigenvalue weighted by Gasteiger charge is -2.02. The number of nitrogens with zero attached hydrogens (tertiary/aromatic N) is 2. The van der Waals surface area contributed by atoms with Crippen LogP contribution in [-0.4, -0.2) is 20.9 Å². The number of halogens is 1. The molecular weight excluding hydrogens is 213 g/mol. The summed E-state index contributed by atoms with van der Waals surface area (Å²) in [5.74, 6) is -1.48. The number of aromatic nitrogens is 2. The molecule has 0 aliphatic heterocycles. The minimum atomic E-state index is -1.18. The monoisotopic (exact) mass is 221 g/mol. The van der Waals surface area contributed by atoms with Gasteiger partial charge < -0.3 is 10.8 Å². The molecule has 1 aromatic carbocycles. The number of benzene rings is 1. The van der Waals surface area contributed by atoms with E-state index in [0.717, 1.165) is 0 Å². The van der Waals surface area contributed by atoms with Gasteiger partial charge in [-0.25, -0.2) is 13.9 Å². The Balaban J connectivity index is 2.52. The minimum absolute atomic E-state index is 0.142. The maximum absolute atomic E-state index is 13.0. The van der Waals surface area contributed by atoms with Crippen molar-refractivity contribution in [2.75, 3.05) is 5.73 Å². The summed E-state index contributed by atoms with van der Waals surface area (Å²) in [6, 6.07) is 6.79. The van der Waals surface area contributed by atoms with Crippen molar-refractivity contribution in [2.24, 2.45) is 0 Å². The SMILES string of the molecule is Nc1cc(C(=O)O)nn1-c1cccc(F)c1. The van der Waals surface area contributed by atoms with Crippen LogP contribution < -0.4 is 5.73 Å². The fourth-order valence-electron chi connectivity index (χ4n) is 1.31. The van der Waals surface area contributed by atoms with Gasteiger partial charge in [-0.3, -0.25) is 0 Å². The molecule has 0 atom stereocenters. The average Bonchev–Trinajstić information content (AvgIpc) is 2.60. The summed E-state index contributed by atoms with van der Waals surface area (Å²) in [5.41, 5.74) is 5.78. The van der Waals surface area contributed by atoms with Gasteiger partial charge in [0.05, 0.1) is 5.69 Å². The smallest absolute Gasteiger partial charge is 0.356 e. The lowest BCUT2D eigenvalue weighted by molar-refractivity contribution is 0.0690. The van der Waals surface area contributed by atoms with Crippen molar-refractivity contribution in [2.45, 2.75) is 0 Å². The van der Waals surface area contributed by atoms with Gasteiger partial charge in [0.2, 0.25) is 0 Å². The molecular formula is C10H8FN3O2. The second-order valence-electron chi connectivity index (χ2n) is 3.15. The summed E-state index contributed by atoms with van der Waals surface area (Å²) >= 11 is 0. The number of nitrogen functional groups attached to an aromatic ring is 1. The number of carboxylic acid groups (broad SMARTS) is 1. The van der Waals surface area contributed by atoms with Crippen molar-refractivity contribution in [1.82, 2.24) is 9.78 Å². The molecule has 0 unspecified atom stereocenters. The van der Waals surface area contributed by atoms with Gasteiger partial charge in [0.15, 0.2) is 5.69 Å². The highest BCUT2D eigenvalue weighted by Gasteiger charge is 2.12. The highest BCUT2D eigenvalue weighted by molar-refractivity contribution is 5.86. The van der Waals surface area contributed by atoms with Crippen LogP contribution in [0.3, 0.4) is 0 Å². The summed E-state index contributed by atoms with van der Waals surface area (Å²) in [6.45, 7) is 0. The third kappa shape index (κ3) is 1.72. The Kier molecular flexibility index (Phi) is 2.32. The summed E-state index contributed by atoms with van der Waals surface area (Å²) < 4.78 is 14.1. The summed E-state index contributed by atoms with van der Waals surface area (Å²) in [6.07, 6.45) is 0. The Bertz CT molecular complexity index is 551. The van der Waals surface area contributed by atoms with Crippen molar-refractivity contribution >= 4 is 11.8 Å². The normalized spacial score (nSPS) is 10.3. The Morgan fingerprint density at radius 3 is 2.75 bits per heavy atom. The van der Waals surface area contributed by atoms with Crippen molar-refractivity contribution in [3.8, 4) is 5.69 Å². The molecule has 1 heterocycles. The van der Waals surface area contributed by atoms with Gasteiger partial charge in [-0.15, -0.1) is 0 Å². The molecule has 5 nitrogen and oxygen atoms in total. The highest BCUT2D eigenvalue weighted by Crippen LogP contribution is 2.15. The van der Waals surface area contributed by atoms with E-state index < -0.39 is 11.8 Å². The van der Waals surface area contributed by atoms with E-state index in [2.05, 4.69) is 5.10 Å². The number of anilines is 1. The Labute approximate surface area is 89.9 Å². The van der Waals surface area contributed by atoms with Crippen LogP contribution in [-0.2, 0) is 0 Å². The van der Waals surface area contributed by atoms with Crippen molar-refractivity contribution in [3.05, 3.63) is 41.8 Å². The lowest BCUT2D eigenvalue weighted by atomic mass is 10.3. The molecule has 0 saturated heterocycles. The van der Waals surface area contributed by atoms with Crippen molar-refractivity contribution < 1.29 is 14.3 Å². The predicted molar refractivity (Wildman–Crippen MR) is 54.9 cm³/mol. The van der Waals surface area contributed by atoms with Gasteiger partial charge in [0.25, 0.3) is 0 Å². The minimum Gasteiger partial charge on any atom is -0.476 e. The predicted octanol–water partition coefficient (Wildman–Crippen LogP) is 1.29. The van der Waals surface area contributed by atoms with Crippen LogP contribution in [0.25, 0.3) is 5.69 Å². The molecule has 6 heteroatoms. The first-order valence-corrected chi connectivity index (χ1v) is 4.42. The molecule has 1 aromatic heterocycles. The molecule has 16 heavy (non-hydrogen) atoms. The molecule has 0 amide bonds. The van der Waals surface area contributed by atoms with Crippen molar-refractivity contribution in [1.29, 1.82) is 0 Å². The lowest BCUT2D eigenvalue weighted by Crippen LogP contribution is -2.03. The van der Waals surface area contributed by atoms with E-state index in [1.165, 1.54) is 28.9 Å². The van der Waals surface area contributed by atoms with Crippen LogP contribution in [0.1, 0.15) is 10.5 Å². The van der Waals surface area contributed by atoms with Gasteiger partial charge in [0.1, 0.15) is 11.6 Å². The maximum atomic E-state index is 13.0. The van der Waals surface area contributed by atoms with E-state index >= 15 is 0 Å². The number of aromatic carboxylic acids is 1. The fraction of sp³-hybridized carbons (Fsp3) is 0. The molecule has 0 aliphatic rings. The number of hydrogen-bond donors (Lipinski definition) is 2. The quantitative estimate of drug-likeness (QED) is 0.800. The highest BCUT2D eigenvalue weighted by atomic mass is 19.1. The fourth-order valence-corrected chi connectivity index (χ4v) is 1.31. The zero-order chi connectivity index (χ0) is 11.7. The molecule has 0 saturated carbocycles. The zero-order valence-electron chi connectivity index (χ0n) is 8.09. The Morgan fingerprint density at radius 1 is 1.44 bits per heavy atom. The number of carboxylic acids is 1. The average molecular weight is 221 g/mol.